The second-order valence-electron chi connectivity index (χ2n) is 10.3. The molecule has 1 atom stereocenters. The van der Waals surface area contributed by atoms with Crippen LogP contribution in [0.1, 0.15) is 41.7 Å². The number of rotatable bonds is 6. The van der Waals surface area contributed by atoms with Crippen LogP contribution in [0.15, 0.2) is 43.0 Å². The van der Waals surface area contributed by atoms with Crippen LogP contribution in [0.5, 0.6) is 0 Å². The third-order valence-corrected chi connectivity index (χ3v) is 7.87. The van der Waals surface area contributed by atoms with E-state index < -0.39 is 6.04 Å². The average molecular weight is 513 g/mol. The standard InChI is InChI=1S/C27H36N6O2.ClH/c1-31-11-6-19(7-12-31)20-8-13-33(14-9-20)27(35)25(16-23-17-32(2)18-29-23)30-26(34)22-4-3-21-5-10-28-24(21)15-22;/h3-5,10,15,17-20,25,28H,6-9,11-14,16H2,1-2H3,(H,30,34);1H/t25-;/m1./s1. The van der Waals surface area contributed by atoms with Crippen LogP contribution in [0.4, 0.5) is 0 Å². The highest BCUT2D eigenvalue weighted by Crippen LogP contribution is 2.32. The number of halogens is 1. The van der Waals surface area contributed by atoms with E-state index in [4.69, 9.17) is 0 Å². The van der Waals surface area contributed by atoms with Crippen molar-refractivity contribution < 1.29 is 9.59 Å². The van der Waals surface area contributed by atoms with Crippen LogP contribution in [-0.2, 0) is 18.3 Å². The number of nitrogens with one attached hydrogen (secondary N) is 2. The minimum absolute atomic E-state index is 0. The Morgan fingerprint density at radius 1 is 1.06 bits per heavy atom. The number of carbonyl (C=O) groups excluding carboxylic acids is 2. The molecule has 4 heterocycles. The Morgan fingerprint density at radius 2 is 1.75 bits per heavy atom. The SMILES string of the molecule is CN1CCC(C2CCN(C(=O)[C@@H](Cc3cn(C)cn3)NC(=O)c3ccc4cc[nH]c4c3)CC2)CC1.Cl. The lowest BCUT2D eigenvalue weighted by atomic mass is 9.79. The van der Waals surface area contributed by atoms with Gasteiger partial charge in [0.15, 0.2) is 0 Å². The Bertz CT molecular complexity index is 1170. The monoisotopic (exact) mass is 512 g/mol. The Kier molecular flexibility index (Phi) is 8.36. The Morgan fingerprint density at radius 3 is 2.42 bits per heavy atom. The topological polar surface area (TPSA) is 86.3 Å². The molecule has 5 rings (SSSR count). The molecule has 2 saturated heterocycles. The molecule has 2 aliphatic rings. The van der Waals surface area contributed by atoms with Crippen molar-refractivity contribution in [2.45, 2.75) is 38.1 Å². The summed E-state index contributed by atoms with van der Waals surface area (Å²) >= 11 is 0. The molecule has 3 aromatic rings. The van der Waals surface area contributed by atoms with Crippen LogP contribution in [0.2, 0.25) is 0 Å². The number of nitrogens with zero attached hydrogens (tertiary/aromatic N) is 4. The molecule has 9 heteroatoms. The summed E-state index contributed by atoms with van der Waals surface area (Å²) in [5.74, 6) is 1.23. The van der Waals surface area contributed by atoms with Crippen LogP contribution in [0.3, 0.4) is 0 Å². The van der Waals surface area contributed by atoms with Crippen LogP contribution < -0.4 is 5.32 Å². The molecule has 0 spiro atoms. The van der Waals surface area contributed by atoms with Crippen molar-refractivity contribution in [3.8, 4) is 0 Å². The van der Waals surface area contributed by atoms with E-state index in [0.717, 1.165) is 48.4 Å². The number of H-pyrrole nitrogens is 1. The van der Waals surface area contributed by atoms with Gasteiger partial charge in [-0.05, 0) is 81.2 Å². The summed E-state index contributed by atoms with van der Waals surface area (Å²) in [7, 11) is 4.11. The molecule has 0 radical (unpaired) electrons. The quantitative estimate of drug-likeness (QED) is 0.531. The summed E-state index contributed by atoms with van der Waals surface area (Å²) in [6, 6.07) is 6.89. The van der Waals surface area contributed by atoms with Gasteiger partial charge in [0.25, 0.3) is 5.91 Å². The van der Waals surface area contributed by atoms with Crippen LogP contribution in [0.25, 0.3) is 10.9 Å². The fraction of sp³-hybridized carbons (Fsp3) is 0.519. The van der Waals surface area contributed by atoms with Crippen molar-refractivity contribution in [1.29, 1.82) is 0 Å². The molecule has 2 aliphatic heterocycles. The predicted octanol–water partition coefficient (Wildman–Crippen LogP) is 3.24. The van der Waals surface area contributed by atoms with E-state index in [1.807, 2.05) is 47.1 Å². The van der Waals surface area contributed by atoms with Gasteiger partial charge in [0.1, 0.15) is 6.04 Å². The average Bonchev–Trinajstić information content (AvgIpc) is 3.51. The number of carbonyl (C=O) groups is 2. The Balaban J connectivity index is 0.00000304. The first kappa shape index (κ1) is 26.2. The van der Waals surface area contributed by atoms with Gasteiger partial charge in [-0.15, -0.1) is 12.4 Å². The van der Waals surface area contributed by atoms with Crippen molar-refractivity contribution >= 4 is 35.1 Å². The Labute approximate surface area is 218 Å². The highest BCUT2D eigenvalue weighted by atomic mass is 35.5. The molecule has 36 heavy (non-hydrogen) atoms. The molecule has 2 N–H and O–H groups in total. The van der Waals surface area contributed by atoms with Crippen molar-refractivity contribution in [2.24, 2.45) is 18.9 Å². The second kappa shape index (κ2) is 11.5. The van der Waals surface area contributed by atoms with E-state index in [2.05, 4.69) is 27.2 Å². The van der Waals surface area contributed by atoms with E-state index in [1.165, 1.54) is 25.9 Å². The van der Waals surface area contributed by atoms with Crippen molar-refractivity contribution in [3.05, 3.63) is 54.2 Å². The van der Waals surface area contributed by atoms with E-state index >= 15 is 0 Å². The molecule has 2 fully saturated rings. The van der Waals surface area contributed by atoms with Crippen LogP contribution in [0, 0.1) is 11.8 Å². The lowest BCUT2D eigenvalue weighted by Crippen LogP contribution is -2.52. The van der Waals surface area contributed by atoms with Crippen LogP contribution in [-0.4, -0.2) is 75.4 Å². The molecule has 0 bridgehead atoms. The lowest BCUT2D eigenvalue weighted by molar-refractivity contribution is -0.135. The summed E-state index contributed by atoms with van der Waals surface area (Å²) in [6.07, 6.45) is 10.5. The number of hydrogen-bond donors (Lipinski definition) is 2. The minimum atomic E-state index is -0.642. The van der Waals surface area contributed by atoms with Gasteiger partial charge in [0.05, 0.1) is 12.0 Å². The van der Waals surface area contributed by atoms with Gasteiger partial charge in [0.2, 0.25) is 5.91 Å². The zero-order valence-corrected chi connectivity index (χ0v) is 22.0. The van der Waals surface area contributed by atoms with Gasteiger partial charge in [-0.25, -0.2) is 4.98 Å². The smallest absolute Gasteiger partial charge is 0.252 e. The number of piperidine rings is 2. The molecule has 2 aromatic heterocycles. The van der Waals surface area contributed by atoms with Gasteiger partial charge in [0, 0.05) is 50.0 Å². The maximum atomic E-state index is 13.6. The lowest BCUT2D eigenvalue weighted by Gasteiger charge is -2.40. The number of hydrogen-bond acceptors (Lipinski definition) is 4. The van der Waals surface area contributed by atoms with Crippen molar-refractivity contribution in [2.75, 3.05) is 33.2 Å². The van der Waals surface area contributed by atoms with E-state index in [0.29, 0.717) is 17.9 Å². The minimum Gasteiger partial charge on any atom is -0.361 e. The first-order chi connectivity index (χ1) is 17.0. The summed E-state index contributed by atoms with van der Waals surface area (Å²) in [5, 5.41) is 4.08. The normalized spacial score (nSPS) is 18.7. The number of fused-ring (bicyclic) bond motifs is 1. The third-order valence-electron chi connectivity index (χ3n) is 7.87. The summed E-state index contributed by atoms with van der Waals surface area (Å²) in [4.78, 5) is 38.7. The molecular formula is C27H37ClN6O2. The number of aromatic nitrogens is 3. The number of amides is 2. The van der Waals surface area contributed by atoms with Gasteiger partial charge in [-0.1, -0.05) is 6.07 Å². The van der Waals surface area contributed by atoms with E-state index in [9.17, 15) is 9.59 Å². The van der Waals surface area contributed by atoms with Gasteiger partial charge in [-0.3, -0.25) is 9.59 Å². The van der Waals surface area contributed by atoms with Gasteiger partial charge >= 0.3 is 0 Å². The fourth-order valence-electron chi connectivity index (χ4n) is 5.72. The van der Waals surface area contributed by atoms with Gasteiger partial charge < -0.3 is 24.7 Å². The van der Waals surface area contributed by atoms with Crippen molar-refractivity contribution in [3.63, 3.8) is 0 Å². The zero-order chi connectivity index (χ0) is 24.4. The van der Waals surface area contributed by atoms with Gasteiger partial charge in [-0.2, -0.15) is 0 Å². The number of imidazole rings is 1. The fourth-order valence-corrected chi connectivity index (χ4v) is 5.72. The number of likely N-dealkylation sites (tertiary alicyclic amines) is 2. The predicted molar refractivity (Wildman–Crippen MR) is 143 cm³/mol. The zero-order valence-electron chi connectivity index (χ0n) is 21.2. The molecule has 8 nitrogen and oxygen atoms in total. The molecule has 194 valence electrons. The summed E-state index contributed by atoms with van der Waals surface area (Å²) in [5.41, 5.74) is 2.24. The molecule has 0 aliphatic carbocycles. The van der Waals surface area contributed by atoms with E-state index in [-0.39, 0.29) is 24.2 Å². The third kappa shape index (κ3) is 5.93. The summed E-state index contributed by atoms with van der Waals surface area (Å²) < 4.78 is 1.87. The molecule has 1 aromatic carbocycles. The molecule has 0 unspecified atom stereocenters. The Hall–Kier alpha value is -2.84. The maximum Gasteiger partial charge on any atom is 0.252 e. The maximum absolute atomic E-state index is 13.6. The molecule has 2 amide bonds. The van der Waals surface area contributed by atoms with Crippen molar-refractivity contribution in [1.82, 2.24) is 29.7 Å². The first-order valence-corrected chi connectivity index (χ1v) is 12.8. The largest absolute Gasteiger partial charge is 0.361 e. The highest BCUT2D eigenvalue weighted by molar-refractivity contribution is 6.00. The number of benzene rings is 1. The highest BCUT2D eigenvalue weighted by Gasteiger charge is 2.33. The summed E-state index contributed by atoms with van der Waals surface area (Å²) in [6.45, 7) is 3.88. The second-order valence-corrected chi connectivity index (χ2v) is 10.3. The van der Waals surface area contributed by atoms with Crippen LogP contribution >= 0.6 is 12.4 Å². The first-order valence-electron chi connectivity index (χ1n) is 12.8. The number of aryl methyl sites for hydroxylation is 1. The molecule has 0 saturated carbocycles. The molecular weight excluding hydrogens is 476 g/mol. The van der Waals surface area contributed by atoms with E-state index in [1.54, 1.807) is 12.4 Å². The number of aromatic amines is 1.